The first-order valence-corrected chi connectivity index (χ1v) is 10.00. The Labute approximate surface area is 152 Å². The van der Waals surface area contributed by atoms with Gasteiger partial charge in [0, 0.05) is 36.6 Å². The fraction of sp³-hybridized carbons (Fsp3) is 0.556. The number of thioether (sulfide) groups is 1. The number of piperidine rings is 1. The summed E-state index contributed by atoms with van der Waals surface area (Å²) >= 11 is 1.51. The molecule has 1 atom stereocenters. The molecule has 0 spiro atoms. The molecule has 2 aliphatic rings. The van der Waals surface area contributed by atoms with Gasteiger partial charge in [0.05, 0.1) is 5.75 Å². The number of carbonyl (C=O) groups is 1. The summed E-state index contributed by atoms with van der Waals surface area (Å²) in [5.74, 6) is 1.50. The molecule has 0 N–H and O–H groups in total. The number of carbonyl (C=O) groups excluding carboxylic acids is 1. The van der Waals surface area contributed by atoms with Gasteiger partial charge in [-0.2, -0.15) is 0 Å². The maximum absolute atomic E-state index is 12.6. The molecular formula is C18H23N5OS. The lowest BCUT2D eigenvalue weighted by Gasteiger charge is -2.33. The minimum absolute atomic E-state index is 0.213. The molecule has 2 aromatic heterocycles. The third kappa shape index (κ3) is 3.56. The van der Waals surface area contributed by atoms with Crippen LogP contribution in [0.2, 0.25) is 0 Å². The molecule has 4 rings (SSSR count). The standard InChI is InChI=1S/C18H23N5OS/c1-13-5-2-3-10-22(13)16(24)12-25-18-21-20-17(23(18)15-7-8-15)14-6-4-9-19-11-14/h4,6,9,11,13,15H,2-3,5,7-8,10,12H2,1H3/t13-/m1/s1. The molecule has 1 amide bonds. The van der Waals surface area contributed by atoms with Crippen LogP contribution in [0, 0.1) is 0 Å². The fourth-order valence-corrected chi connectivity index (χ4v) is 4.30. The molecule has 3 heterocycles. The quantitative estimate of drug-likeness (QED) is 0.769. The summed E-state index contributed by atoms with van der Waals surface area (Å²) in [6.07, 6.45) is 9.33. The van der Waals surface area contributed by atoms with E-state index in [1.54, 1.807) is 6.20 Å². The van der Waals surface area contributed by atoms with Gasteiger partial charge in [-0.1, -0.05) is 11.8 Å². The van der Waals surface area contributed by atoms with Crippen LogP contribution in [-0.4, -0.2) is 48.9 Å². The van der Waals surface area contributed by atoms with Gasteiger partial charge < -0.3 is 4.90 Å². The molecule has 1 saturated carbocycles. The zero-order valence-electron chi connectivity index (χ0n) is 14.5. The lowest BCUT2D eigenvalue weighted by molar-refractivity contribution is -0.131. The second-order valence-electron chi connectivity index (χ2n) is 6.87. The minimum atomic E-state index is 0.213. The monoisotopic (exact) mass is 357 g/mol. The van der Waals surface area contributed by atoms with Crippen molar-refractivity contribution in [2.45, 2.75) is 56.3 Å². The van der Waals surface area contributed by atoms with Crippen LogP contribution in [-0.2, 0) is 4.79 Å². The molecule has 7 heteroatoms. The van der Waals surface area contributed by atoms with E-state index in [0.717, 1.165) is 48.8 Å². The average molecular weight is 357 g/mol. The molecule has 25 heavy (non-hydrogen) atoms. The van der Waals surface area contributed by atoms with Crippen LogP contribution >= 0.6 is 11.8 Å². The SMILES string of the molecule is C[C@@H]1CCCCN1C(=O)CSc1nnc(-c2cccnc2)n1C1CC1. The maximum Gasteiger partial charge on any atom is 0.233 e. The van der Waals surface area contributed by atoms with Gasteiger partial charge in [0.25, 0.3) is 0 Å². The van der Waals surface area contributed by atoms with E-state index in [1.807, 2.05) is 23.2 Å². The van der Waals surface area contributed by atoms with E-state index in [0.29, 0.717) is 17.8 Å². The van der Waals surface area contributed by atoms with Crippen molar-refractivity contribution in [3.05, 3.63) is 24.5 Å². The van der Waals surface area contributed by atoms with Gasteiger partial charge >= 0.3 is 0 Å². The van der Waals surface area contributed by atoms with Crippen molar-refractivity contribution in [2.24, 2.45) is 0 Å². The summed E-state index contributed by atoms with van der Waals surface area (Å²) in [5.41, 5.74) is 0.977. The highest BCUT2D eigenvalue weighted by molar-refractivity contribution is 7.99. The minimum Gasteiger partial charge on any atom is -0.339 e. The normalized spacial score (nSPS) is 20.7. The predicted octanol–water partition coefficient (Wildman–Crippen LogP) is 3.17. The molecule has 2 fully saturated rings. The van der Waals surface area contributed by atoms with Crippen molar-refractivity contribution in [1.82, 2.24) is 24.6 Å². The smallest absolute Gasteiger partial charge is 0.233 e. The number of pyridine rings is 1. The molecule has 6 nitrogen and oxygen atoms in total. The van der Waals surface area contributed by atoms with Gasteiger partial charge in [0.1, 0.15) is 0 Å². The van der Waals surface area contributed by atoms with E-state index in [2.05, 4.69) is 26.7 Å². The Morgan fingerprint density at radius 3 is 2.88 bits per heavy atom. The molecule has 0 unspecified atom stereocenters. The summed E-state index contributed by atoms with van der Waals surface area (Å²) in [4.78, 5) is 18.8. The van der Waals surface area contributed by atoms with Gasteiger partial charge in [-0.05, 0) is 51.2 Å². The fourth-order valence-electron chi connectivity index (χ4n) is 3.41. The topological polar surface area (TPSA) is 63.9 Å². The Kier molecular flexibility index (Phi) is 4.74. The van der Waals surface area contributed by atoms with E-state index in [9.17, 15) is 4.79 Å². The van der Waals surface area contributed by atoms with Crippen LogP contribution in [0.3, 0.4) is 0 Å². The van der Waals surface area contributed by atoms with Crippen LogP contribution < -0.4 is 0 Å². The van der Waals surface area contributed by atoms with Gasteiger partial charge in [0.2, 0.25) is 5.91 Å². The number of likely N-dealkylation sites (tertiary alicyclic amines) is 1. The predicted molar refractivity (Wildman–Crippen MR) is 97.3 cm³/mol. The van der Waals surface area contributed by atoms with Gasteiger partial charge in [0.15, 0.2) is 11.0 Å². The van der Waals surface area contributed by atoms with Crippen LogP contribution in [0.4, 0.5) is 0 Å². The number of hydrogen-bond acceptors (Lipinski definition) is 5. The number of hydrogen-bond donors (Lipinski definition) is 0. The highest BCUT2D eigenvalue weighted by Crippen LogP contribution is 2.41. The third-order valence-electron chi connectivity index (χ3n) is 4.94. The average Bonchev–Trinajstić information content (AvgIpc) is 3.40. The molecule has 2 aromatic rings. The summed E-state index contributed by atoms with van der Waals surface area (Å²) in [6, 6.07) is 4.73. The lowest BCUT2D eigenvalue weighted by atomic mass is 10.0. The summed E-state index contributed by atoms with van der Waals surface area (Å²) in [5, 5.41) is 9.59. The first kappa shape index (κ1) is 16.6. The Morgan fingerprint density at radius 2 is 2.16 bits per heavy atom. The zero-order valence-corrected chi connectivity index (χ0v) is 15.3. The Balaban J connectivity index is 1.49. The molecule has 0 aromatic carbocycles. The van der Waals surface area contributed by atoms with Gasteiger partial charge in [-0.25, -0.2) is 0 Å². The summed E-state index contributed by atoms with van der Waals surface area (Å²) in [6.45, 7) is 3.03. The number of aromatic nitrogens is 4. The van der Waals surface area contributed by atoms with E-state index in [1.165, 1.54) is 18.2 Å². The zero-order chi connectivity index (χ0) is 17.2. The molecule has 0 radical (unpaired) electrons. The van der Waals surface area contributed by atoms with Crippen LogP contribution in [0.5, 0.6) is 0 Å². The first-order valence-electron chi connectivity index (χ1n) is 9.01. The number of rotatable bonds is 5. The number of amides is 1. The second kappa shape index (κ2) is 7.15. The number of nitrogens with zero attached hydrogens (tertiary/aromatic N) is 5. The Bertz CT molecular complexity index is 743. The van der Waals surface area contributed by atoms with E-state index in [4.69, 9.17) is 0 Å². The van der Waals surface area contributed by atoms with Crippen molar-refractivity contribution < 1.29 is 4.79 Å². The van der Waals surface area contributed by atoms with Crippen LogP contribution in [0.15, 0.2) is 29.7 Å². The highest BCUT2D eigenvalue weighted by Gasteiger charge is 2.31. The molecule has 0 bridgehead atoms. The highest BCUT2D eigenvalue weighted by atomic mass is 32.2. The van der Waals surface area contributed by atoms with Crippen molar-refractivity contribution in [2.75, 3.05) is 12.3 Å². The molecular weight excluding hydrogens is 334 g/mol. The van der Waals surface area contributed by atoms with Crippen LogP contribution in [0.1, 0.15) is 45.1 Å². The Morgan fingerprint density at radius 1 is 1.28 bits per heavy atom. The van der Waals surface area contributed by atoms with Crippen molar-refractivity contribution in [3.63, 3.8) is 0 Å². The van der Waals surface area contributed by atoms with Gasteiger partial charge in [-0.15, -0.1) is 10.2 Å². The molecule has 1 saturated heterocycles. The molecule has 1 aliphatic carbocycles. The van der Waals surface area contributed by atoms with Crippen molar-refractivity contribution in [3.8, 4) is 11.4 Å². The maximum atomic E-state index is 12.6. The summed E-state index contributed by atoms with van der Waals surface area (Å²) in [7, 11) is 0. The van der Waals surface area contributed by atoms with E-state index < -0.39 is 0 Å². The largest absolute Gasteiger partial charge is 0.339 e. The van der Waals surface area contributed by atoms with E-state index >= 15 is 0 Å². The first-order chi connectivity index (χ1) is 12.2. The van der Waals surface area contributed by atoms with Gasteiger partial charge in [-0.3, -0.25) is 14.3 Å². The third-order valence-corrected chi connectivity index (χ3v) is 5.87. The van der Waals surface area contributed by atoms with E-state index in [-0.39, 0.29) is 5.91 Å². The van der Waals surface area contributed by atoms with Crippen molar-refractivity contribution >= 4 is 17.7 Å². The van der Waals surface area contributed by atoms with Crippen LogP contribution in [0.25, 0.3) is 11.4 Å². The Hall–Kier alpha value is -1.89. The lowest BCUT2D eigenvalue weighted by Crippen LogP contribution is -2.43. The summed E-state index contributed by atoms with van der Waals surface area (Å²) < 4.78 is 2.19. The second-order valence-corrected chi connectivity index (χ2v) is 7.81. The van der Waals surface area contributed by atoms with Crippen molar-refractivity contribution in [1.29, 1.82) is 0 Å². The molecule has 132 valence electrons. The molecule has 1 aliphatic heterocycles.